The maximum Gasteiger partial charge on any atom is 0.191 e. The smallest absolute Gasteiger partial charge is 0.191 e. The molecule has 0 saturated heterocycles. The first-order valence-electron chi connectivity index (χ1n) is 7.40. The summed E-state index contributed by atoms with van der Waals surface area (Å²) in [7, 11) is 0.812. The van der Waals surface area contributed by atoms with Crippen LogP contribution in [0.25, 0.3) is 0 Å². The zero-order chi connectivity index (χ0) is 16.6. The van der Waals surface area contributed by atoms with Crippen molar-refractivity contribution in [2.45, 2.75) is 31.9 Å². The van der Waals surface area contributed by atoms with E-state index in [9.17, 15) is 8.60 Å². The second-order valence-electron chi connectivity index (χ2n) is 5.97. The average Bonchev–Trinajstić information content (AvgIpc) is 2.44. The second-order valence-corrected chi connectivity index (χ2v) is 8.29. The summed E-state index contributed by atoms with van der Waals surface area (Å²) in [6.45, 7) is 7.16. The lowest BCUT2D eigenvalue weighted by Crippen LogP contribution is -2.41. The number of rotatable bonds is 6. The molecule has 0 amide bonds. The zero-order valence-electron chi connectivity index (χ0n) is 13.8. The Balaban J connectivity index is 2.30. The minimum absolute atomic E-state index is 0.198. The van der Waals surface area contributed by atoms with Gasteiger partial charge in [0.1, 0.15) is 5.82 Å². The Morgan fingerprint density at radius 3 is 2.55 bits per heavy atom. The Labute approximate surface area is 135 Å². The molecule has 1 rings (SSSR count). The predicted molar refractivity (Wildman–Crippen MR) is 92.2 cm³/mol. The molecular formula is C16H26FN3OS. The maximum atomic E-state index is 13.1. The largest absolute Gasteiger partial charge is 0.356 e. The van der Waals surface area contributed by atoms with Gasteiger partial charge in [0, 0.05) is 41.4 Å². The summed E-state index contributed by atoms with van der Waals surface area (Å²) in [6, 6.07) is 6.57. The first-order valence-corrected chi connectivity index (χ1v) is 8.72. The average molecular weight is 327 g/mol. The summed E-state index contributed by atoms with van der Waals surface area (Å²) in [6.07, 6.45) is 0.715. The minimum atomic E-state index is -0.881. The highest BCUT2D eigenvalue weighted by Gasteiger charge is 2.18. The molecule has 0 aliphatic heterocycles. The van der Waals surface area contributed by atoms with E-state index in [4.69, 9.17) is 0 Å². The van der Waals surface area contributed by atoms with E-state index < -0.39 is 10.8 Å². The van der Waals surface area contributed by atoms with Crippen molar-refractivity contribution in [1.82, 2.24) is 10.6 Å². The Morgan fingerprint density at radius 2 is 1.95 bits per heavy atom. The highest BCUT2D eigenvalue weighted by molar-refractivity contribution is 7.86. The molecule has 1 atom stereocenters. The van der Waals surface area contributed by atoms with Gasteiger partial charge in [0.25, 0.3) is 0 Å². The molecule has 124 valence electrons. The Bertz CT molecular complexity index is 526. The second kappa shape index (κ2) is 8.88. The van der Waals surface area contributed by atoms with Crippen LogP contribution in [-0.2, 0) is 17.2 Å². The molecule has 4 nitrogen and oxygen atoms in total. The summed E-state index contributed by atoms with van der Waals surface area (Å²) < 4.78 is 24.8. The lowest BCUT2D eigenvalue weighted by atomic mass is 10.1. The molecule has 0 radical (unpaired) electrons. The van der Waals surface area contributed by atoms with Gasteiger partial charge in [0.05, 0.1) is 0 Å². The maximum absolute atomic E-state index is 13.1. The van der Waals surface area contributed by atoms with Crippen molar-refractivity contribution in [3.05, 3.63) is 35.6 Å². The van der Waals surface area contributed by atoms with Gasteiger partial charge < -0.3 is 10.6 Å². The fourth-order valence-corrected chi connectivity index (χ4v) is 2.71. The topological polar surface area (TPSA) is 53.5 Å². The standard InChI is InChI=1S/C16H26FN3OS/c1-16(2,3)22(21)11-10-20-15(18-4)19-9-8-13-6-5-7-14(17)12-13/h5-7,12H,8-11H2,1-4H3,(H2,18,19,20). The van der Waals surface area contributed by atoms with Gasteiger partial charge in [0.15, 0.2) is 5.96 Å². The first kappa shape index (κ1) is 18.6. The van der Waals surface area contributed by atoms with E-state index in [0.717, 1.165) is 5.56 Å². The van der Waals surface area contributed by atoms with Gasteiger partial charge in [-0.05, 0) is 44.9 Å². The molecule has 0 aliphatic carbocycles. The predicted octanol–water partition coefficient (Wildman–Crippen LogP) is 2.08. The van der Waals surface area contributed by atoms with E-state index in [1.807, 2.05) is 26.8 Å². The van der Waals surface area contributed by atoms with E-state index in [-0.39, 0.29) is 10.6 Å². The third-order valence-corrected chi connectivity index (χ3v) is 5.02. The van der Waals surface area contributed by atoms with Crippen LogP contribution in [0.15, 0.2) is 29.3 Å². The molecule has 6 heteroatoms. The third kappa shape index (κ3) is 7.02. The van der Waals surface area contributed by atoms with Crippen molar-refractivity contribution in [1.29, 1.82) is 0 Å². The molecular weight excluding hydrogens is 301 g/mol. The molecule has 22 heavy (non-hydrogen) atoms. The Hall–Kier alpha value is -1.43. The van der Waals surface area contributed by atoms with Crippen LogP contribution < -0.4 is 10.6 Å². The van der Waals surface area contributed by atoms with Crippen LogP contribution >= 0.6 is 0 Å². The van der Waals surface area contributed by atoms with Crippen LogP contribution in [0.5, 0.6) is 0 Å². The van der Waals surface area contributed by atoms with Crippen LogP contribution in [0.4, 0.5) is 4.39 Å². The molecule has 1 aromatic rings. The van der Waals surface area contributed by atoms with E-state index in [1.54, 1.807) is 13.1 Å². The molecule has 0 saturated carbocycles. The monoisotopic (exact) mass is 327 g/mol. The summed E-state index contributed by atoms with van der Waals surface area (Å²) in [5.74, 6) is 1.03. The minimum Gasteiger partial charge on any atom is -0.356 e. The molecule has 0 aliphatic rings. The fraction of sp³-hybridized carbons (Fsp3) is 0.562. The van der Waals surface area contributed by atoms with Crippen molar-refractivity contribution in [2.75, 3.05) is 25.9 Å². The van der Waals surface area contributed by atoms with E-state index in [0.29, 0.717) is 31.2 Å². The van der Waals surface area contributed by atoms with Gasteiger partial charge in [0.2, 0.25) is 0 Å². The summed E-state index contributed by atoms with van der Waals surface area (Å²) >= 11 is 0. The highest BCUT2D eigenvalue weighted by Crippen LogP contribution is 2.10. The molecule has 0 bridgehead atoms. The van der Waals surface area contributed by atoms with Gasteiger partial charge in [-0.25, -0.2) is 4.39 Å². The number of hydrogen-bond acceptors (Lipinski definition) is 2. The van der Waals surface area contributed by atoms with Crippen LogP contribution in [0.2, 0.25) is 0 Å². The molecule has 0 spiro atoms. The number of halogens is 1. The zero-order valence-corrected chi connectivity index (χ0v) is 14.6. The Kier molecular flexibility index (Phi) is 7.51. The molecule has 0 heterocycles. The van der Waals surface area contributed by atoms with Crippen LogP contribution in [0.1, 0.15) is 26.3 Å². The van der Waals surface area contributed by atoms with Gasteiger partial charge in [-0.1, -0.05) is 12.1 Å². The van der Waals surface area contributed by atoms with Crippen LogP contribution in [0, 0.1) is 5.82 Å². The molecule has 2 N–H and O–H groups in total. The summed E-state index contributed by atoms with van der Waals surface area (Å²) in [4.78, 5) is 4.12. The van der Waals surface area contributed by atoms with Crippen LogP contribution in [-0.4, -0.2) is 40.8 Å². The van der Waals surface area contributed by atoms with Gasteiger partial charge in [-0.2, -0.15) is 0 Å². The van der Waals surface area contributed by atoms with Crippen molar-refractivity contribution >= 4 is 16.8 Å². The lowest BCUT2D eigenvalue weighted by molar-refractivity contribution is 0.625. The summed E-state index contributed by atoms with van der Waals surface area (Å²) in [5, 5.41) is 6.31. The number of nitrogens with zero attached hydrogens (tertiary/aromatic N) is 1. The van der Waals surface area contributed by atoms with Gasteiger partial charge in [-0.3, -0.25) is 9.20 Å². The van der Waals surface area contributed by atoms with Crippen molar-refractivity contribution < 1.29 is 8.60 Å². The molecule has 0 fully saturated rings. The Morgan fingerprint density at radius 1 is 1.27 bits per heavy atom. The van der Waals surface area contributed by atoms with E-state index >= 15 is 0 Å². The number of guanidine groups is 1. The lowest BCUT2D eigenvalue weighted by Gasteiger charge is -2.18. The number of aliphatic imine (C=N–C) groups is 1. The van der Waals surface area contributed by atoms with E-state index in [1.165, 1.54) is 12.1 Å². The van der Waals surface area contributed by atoms with Crippen LogP contribution in [0.3, 0.4) is 0 Å². The van der Waals surface area contributed by atoms with Gasteiger partial charge >= 0.3 is 0 Å². The number of nitrogens with one attached hydrogen (secondary N) is 2. The molecule has 0 aromatic heterocycles. The fourth-order valence-electron chi connectivity index (χ4n) is 1.81. The number of hydrogen-bond donors (Lipinski definition) is 2. The first-order chi connectivity index (χ1) is 10.3. The van der Waals surface area contributed by atoms with Crippen molar-refractivity contribution in [3.8, 4) is 0 Å². The van der Waals surface area contributed by atoms with Gasteiger partial charge in [-0.15, -0.1) is 0 Å². The number of benzene rings is 1. The summed E-state index contributed by atoms with van der Waals surface area (Å²) in [5.41, 5.74) is 0.941. The SMILES string of the molecule is CN=C(NCCc1cccc(F)c1)NCCS(=O)C(C)(C)C. The normalized spacial score (nSPS) is 13.8. The van der Waals surface area contributed by atoms with E-state index in [2.05, 4.69) is 15.6 Å². The molecule has 1 unspecified atom stereocenters. The van der Waals surface area contributed by atoms with Crippen molar-refractivity contribution in [3.63, 3.8) is 0 Å². The van der Waals surface area contributed by atoms with Crippen molar-refractivity contribution in [2.24, 2.45) is 4.99 Å². The molecule has 1 aromatic carbocycles. The third-order valence-electron chi connectivity index (χ3n) is 3.08. The quantitative estimate of drug-likeness (QED) is 0.621. The highest BCUT2D eigenvalue weighted by atomic mass is 32.2.